The van der Waals surface area contributed by atoms with Crippen molar-refractivity contribution in [3.05, 3.63) is 0 Å². The van der Waals surface area contributed by atoms with Crippen LogP contribution in [0.25, 0.3) is 0 Å². The van der Waals surface area contributed by atoms with Crippen molar-refractivity contribution in [2.24, 2.45) is 11.3 Å². The lowest BCUT2D eigenvalue weighted by atomic mass is 9.87. The Morgan fingerprint density at radius 3 is 2.67 bits per heavy atom. The summed E-state index contributed by atoms with van der Waals surface area (Å²) in [5.74, 6) is 0.884. The SMILES string of the molecule is CCC1CCN(CC2(C=O)CCCC2)C1. The maximum absolute atomic E-state index is 11.2. The highest BCUT2D eigenvalue weighted by Gasteiger charge is 2.36. The molecule has 1 atom stereocenters. The summed E-state index contributed by atoms with van der Waals surface area (Å²) in [6.07, 6.45) is 8.65. The number of hydrogen-bond donors (Lipinski definition) is 0. The predicted molar refractivity (Wildman–Crippen MR) is 61.8 cm³/mol. The van der Waals surface area contributed by atoms with Crippen molar-refractivity contribution in [2.75, 3.05) is 19.6 Å². The second-order valence-electron chi connectivity index (χ2n) is 5.49. The van der Waals surface area contributed by atoms with Gasteiger partial charge < -0.3 is 9.69 Å². The molecule has 1 aliphatic carbocycles. The molecule has 1 aliphatic heterocycles. The summed E-state index contributed by atoms with van der Waals surface area (Å²) < 4.78 is 0. The van der Waals surface area contributed by atoms with Gasteiger partial charge in [0.1, 0.15) is 6.29 Å². The average molecular weight is 209 g/mol. The number of carbonyl (C=O) groups excluding carboxylic acids is 1. The molecule has 2 fully saturated rings. The first-order chi connectivity index (χ1) is 7.28. The predicted octanol–water partition coefficient (Wildman–Crippen LogP) is 2.48. The van der Waals surface area contributed by atoms with E-state index in [9.17, 15) is 4.79 Å². The first-order valence-electron chi connectivity index (χ1n) is 6.47. The minimum Gasteiger partial charge on any atom is -0.303 e. The second-order valence-corrected chi connectivity index (χ2v) is 5.49. The minimum atomic E-state index is 0.0304. The van der Waals surface area contributed by atoms with E-state index in [2.05, 4.69) is 11.8 Å². The van der Waals surface area contributed by atoms with Crippen molar-refractivity contribution >= 4 is 6.29 Å². The molecule has 1 saturated carbocycles. The molecule has 0 amide bonds. The smallest absolute Gasteiger partial charge is 0.127 e. The van der Waals surface area contributed by atoms with Crippen molar-refractivity contribution in [3.63, 3.8) is 0 Å². The van der Waals surface area contributed by atoms with Gasteiger partial charge in [0.25, 0.3) is 0 Å². The number of likely N-dealkylation sites (tertiary alicyclic amines) is 1. The maximum Gasteiger partial charge on any atom is 0.127 e. The molecule has 1 heterocycles. The van der Waals surface area contributed by atoms with E-state index in [1.165, 1.54) is 45.1 Å². The average Bonchev–Trinajstić information content (AvgIpc) is 2.88. The number of nitrogens with zero attached hydrogens (tertiary/aromatic N) is 1. The lowest BCUT2D eigenvalue weighted by Gasteiger charge is -2.28. The molecule has 2 aliphatic rings. The Bertz CT molecular complexity index is 221. The summed E-state index contributed by atoms with van der Waals surface area (Å²) in [5.41, 5.74) is 0.0304. The van der Waals surface area contributed by atoms with Gasteiger partial charge in [0.2, 0.25) is 0 Å². The highest BCUT2D eigenvalue weighted by atomic mass is 16.1. The van der Waals surface area contributed by atoms with Crippen LogP contribution >= 0.6 is 0 Å². The standard InChI is InChI=1S/C13H23NO/c1-2-12-5-8-14(9-12)10-13(11-15)6-3-4-7-13/h11-12H,2-10H2,1H3. The summed E-state index contributed by atoms with van der Waals surface area (Å²) in [6.45, 7) is 5.76. The molecular formula is C13H23NO. The summed E-state index contributed by atoms with van der Waals surface area (Å²) in [5, 5.41) is 0. The molecule has 0 aromatic rings. The van der Waals surface area contributed by atoms with E-state index < -0.39 is 0 Å². The Labute approximate surface area is 93.0 Å². The molecule has 0 bridgehead atoms. The molecule has 86 valence electrons. The number of hydrogen-bond acceptors (Lipinski definition) is 2. The first-order valence-corrected chi connectivity index (χ1v) is 6.47. The molecule has 0 N–H and O–H groups in total. The quantitative estimate of drug-likeness (QED) is 0.663. The fourth-order valence-corrected chi connectivity index (χ4v) is 3.23. The number of rotatable bonds is 4. The topological polar surface area (TPSA) is 20.3 Å². The third-order valence-electron chi connectivity index (χ3n) is 4.34. The molecule has 2 nitrogen and oxygen atoms in total. The Balaban J connectivity index is 1.88. The molecule has 1 saturated heterocycles. The van der Waals surface area contributed by atoms with Gasteiger partial charge in [-0.15, -0.1) is 0 Å². The van der Waals surface area contributed by atoms with Gasteiger partial charge in [0.15, 0.2) is 0 Å². The lowest BCUT2D eigenvalue weighted by molar-refractivity contribution is -0.116. The van der Waals surface area contributed by atoms with Gasteiger partial charge in [0, 0.05) is 18.5 Å². The normalized spacial score (nSPS) is 30.9. The van der Waals surface area contributed by atoms with E-state index in [0.29, 0.717) is 0 Å². The van der Waals surface area contributed by atoms with Crippen LogP contribution < -0.4 is 0 Å². The van der Waals surface area contributed by atoms with Crippen LogP contribution in [0.4, 0.5) is 0 Å². The van der Waals surface area contributed by atoms with Crippen LogP contribution in [-0.4, -0.2) is 30.8 Å². The van der Waals surface area contributed by atoms with Crippen molar-refractivity contribution < 1.29 is 4.79 Å². The first kappa shape index (κ1) is 11.1. The van der Waals surface area contributed by atoms with Gasteiger partial charge in [-0.05, 0) is 31.7 Å². The fourth-order valence-electron chi connectivity index (χ4n) is 3.23. The molecular weight excluding hydrogens is 186 g/mol. The van der Waals surface area contributed by atoms with Gasteiger partial charge in [-0.25, -0.2) is 0 Å². The molecule has 15 heavy (non-hydrogen) atoms. The second kappa shape index (κ2) is 4.65. The van der Waals surface area contributed by atoms with Gasteiger partial charge in [-0.2, -0.15) is 0 Å². The minimum absolute atomic E-state index is 0.0304. The lowest BCUT2D eigenvalue weighted by Crippen LogP contribution is -2.36. The zero-order chi connectivity index (χ0) is 10.7. The summed E-state index contributed by atoms with van der Waals surface area (Å²) in [4.78, 5) is 13.8. The van der Waals surface area contributed by atoms with Crippen LogP contribution in [0.5, 0.6) is 0 Å². The molecule has 1 unspecified atom stereocenters. The highest BCUT2D eigenvalue weighted by Crippen LogP contribution is 2.38. The van der Waals surface area contributed by atoms with E-state index in [-0.39, 0.29) is 5.41 Å². The van der Waals surface area contributed by atoms with E-state index in [1.54, 1.807) is 0 Å². The Morgan fingerprint density at radius 1 is 1.40 bits per heavy atom. The van der Waals surface area contributed by atoms with Crippen LogP contribution in [0, 0.1) is 11.3 Å². The molecule has 2 rings (SSSR count). The zero-order valence-corrected chi connectivity index (χ0v) is 9.87. The van der Waals surface area contributed by atoms with Crippen molar-refractivity contribution in [2.45, 2.75) is 45.4 Å². The number of carbonyl (C=O) groups is 1. The van der Waals surface area contributed by atoms with Crippen LogP contribution in [0.3, 0.4) is 0 Å². The molecule has 0 radical (unpaired) electrons. The van der Waals surface area contributed by atoms with Gasteiger partial charge in [-0.3, -0.25) is 0 Å². The van der Waals surface area contributed by atoms with Crippen LogP contribution in [-0.2, 0) is 4.79 Å². The zero-order valence-electron chi connectivity index (χ0n) is 9.87. The monoisotopic (exact) mass is 209 g/mol. The number of aldehydes is 1. The highest BCUT2D eigenvalue weighted by molar-refractivity contribution is 5.60. The molecule has 0 aromatic heterocycles. The van der Waals surface area contributed by atoms with Crippen LogP contribution in [0.1, 0.15) is 45.4 Å². The van der Waals surface area contributed by atoms with Gasteiger partial charge in [0.05, 0.1) is 0 Å². The Hall–Kier alpha value is -0.370. The molecule has 0 aromatic carbocycles. The van der Waals surface area contributed by atoms with E-state index in [0.717, 1.165) is 25.3 Å². The molecule has 2 heteroatoms. The van der Waals surface area contributed by atoms with Gasteiger partial charge in [-0.1, -0.05) is 26.2 Å². The van der Waals surface area contributed by atoms with Crippen LogP contribution in [0.2, 0.25) is 0 Å². The summed E-state index contributed by atoms with van der Waals surface area (Å²) in [7, 11) is 0. The van der Waals surface area contributed by atoms with E-state index >= 15 is 0 Å². The third-order valence-corrected chi connectivity index (χ3v) is 4.34. The molecule has 0 spiro atoms. The maximum atomic E-state index is 11.2. The third kappa shape index (κ3) is 2.41. The van der Waals surface area contributed by atoms with Crippen molar-refractivity contribution in [1.29, 1.82) is 0 Å². The summed E-state index contributed by atoms with van der Waals surface area (Å²) >= 11 is 0. The van der Waals surface area contributed by atoms with E-state index in [4.69, 9.17) is 0 Å². The fraction of sp³-hybridized carbons (Fsp3) is 0.923. The van der Waals surface area contributed by atoms with Crippen molar-refractivity contribution in [1.82, 2.24) is 4.90 Å². The van der Waals surface area contributed by atoms with Crippen molar-refractivity contribution in [3.8, 4) is 0 Å². The Kier molecular flexibility index (Phi) is 3.45. The van der Waals surface area contributed by atoms with E-state index in [1.807, 2.05) is 0 Å². The van der Waals surface area contributed by atoms with Crippen LogP contribution in [0.15, 0.2) is 0 Å². The summed E-state index contributed by atoms with van der Waals surface area (Å²) in [6, 6.07) is 0. The Morgan fingerprint density at radius 2 is 2.13 bits per heavy atom. The van der Waals surface area contributed by atoms with Gasteiger partial charge >= 0.3 is 0 Å². The largest absolute Gasteiger partial charge is 0.303 e.